The van der Waals surface area contributed by atoms with Gasteiger partial charge in [-0.05, 0) is 19.2 Å². The summed E-state index contributed by atoms with van der Waals surface area (Å²) in [6, 6.07) is 6.49. The molecule has 0 saturated carbocycles. The first-order valence-electron chi connectivity index (χ1n) is 4.74. The number of rotatable bonds is 3. The second-order valence-electron chi connectivity index (χ2n) is 2.98. The molecule has 1 aromatic carbocycles. The van der Waals surface area contributed by atoms with Crippen LogP contribution in [0.15, 0.2) is 29.2 Å². The zero-order valence-corrected chi connectivity index (χ0v) is 9.71. The van der Waals surface area contributed by atoms with Crippen LogP contribution in [0.4, 0.5) is 0 Å². The number of aliphatic hydroxyl groups is 1. The first kappa shape index (κ1) is 12.7. The van der Waals surface area contributed by atoms with Crippen molar-refractivity contribution < 1.29 is 13.5 Å². The van der Waals surface area contributed by atoms with E-state index in [0.29, 0.717) is 12.0 Å². The fourth-order valence-electron chi connectivity index (χ4n) is 1.13. The van der Waals surface area contributed by atoms with E-state index in [-0.39, 0.29) is 11.5 Å². The van der Waals surface area contributed by atoms with E-state index < -0.39 is 10.0 Å². The number of benzene rings is 1. The molecule has 4 nitrogen and oxygen atoms in total. The van der Waals surface area contributed by atoms with Crippen LogP contribution >= 0.6 is 0 Å². The highest BCUT2D eigenvalue weighted by molar-refractivity contribution is 7.89. The van der Waals surface area contributed by atoms with Gasteiger partial charge in [0.1, 0.15) is 0 Å². The van der Waals surface area contributed by atoms with Crippen molar-refractivity contribution in [3.8, 4) is 11.8 Å². The summed E-state index contributed by atoms with van der Waals surface area (Å²) in [4.78, 5) is 0.155. The lowest BCUT2D eigenvalue weighted by molar-refractivity contribution is 0.305. The molecule has 0 spiro atoms. The van der Waals surface area contributed by atoms with Gasteiger partial charge in [0, 0.05) is 12.0 Å². The number of nitrogens with one attached hydrogen (secondary N) is 1. The van der Waals surface area contributed by atoms with Crippen molar-refractivity contribution in [3.05, 3.63) is 29.8 Å². The fraction of sp³-hybridized carbons (Fsp3) is 0.273. The normalized spacial score (nSPS) is 10.6. The molecule has 0 aliphatic carbocycles. The summed E-state index contributed by atoms with van der Waals surface area (Å²) >= 11 is 0. The smallest absolute Gasteiger partial charge is 0.241 e. The van der Waals surface area contributed by atoms with E-state index in [9.17, 15) is 8.42 Å². The molecular formula is C11H13NO3S. The van der Waals surface area contributed by atoms with Gasteiger partial charge in [0.15, 0.2) is 0 Å². The molecule has 0 aliphatic rings. The van der Waals surface area contributed by atoms with Gasteiger partial charge in [0.25, 0.3) is 0 Å². The van der Waals surface area contributed by atoms with Crippen molar-refractivity contribution in [1.82, 2.24) is 4.72 Å². The van der Waals surface area contributed by atoms with Gasteiger partial charge in [-0.25, -0.2) is 13.1 Å². The van der Waals surface area contributed by atoms with E-state index in [0.717, 1.165) is 0 Å². The van der Waals surface area contributed by atoms with Crippen LogP contribution in [0.2, 0.25) is 0 Å². The Labute approximate surface area is 95.4 Å². The molecule has 0 atom stereocenters. The molecule has 0 fully saturated rings. The molecule has 1 aromatic rings. The molecule has 0 aromatic heterocycles. The van der Waals surface area contributed by atoms with Crippen LogP contribution in [-0.4, -0.2) is 27.2 Å². The largest absolute Gasteiger partial charge is 0.395 e. The monoisotopic (exact) mass is 239 g/mol. The van der Waals surface area contributed by atoms with Gasteiger partial charge in [0.2, 0.25) is 10.0 Å². The van der Waals surface area contributed by atoms with Crippen LogP contribution < -0.4 is 4.72 Å². The third kappa shape index (κ3) is 3.07. The Morgan fingerprint density at radius 2 is 2.06 bits per heavy atom. The Morgan fingerprint density at radius 3 is 2.69 bits per heavy atom. The van der Waals surface area contributed by atoms with Gasteiger partial charge in [-0.15, -0.1) is 0 Å². The summed E-state index contributed by atoms with van der Waals surface area (Å²) in [5.41, 5.74) is 0.435. The van der Waals surface area contributed by atoms with Gasteiger partial charge in [0.05, 0.1) is 11.5 Å². The van der Waals surface area contributed by atoms with Crippen LogP contribution in [0.1, 0.15) is 12.0 Å². The Bertz CT molecular complexity index is 512. The Kier molecular flexibility index (Phi) is 4.50. The molecule has 0 aliphatic heterocycles. The van der Waals surface area contributed by atoms with Crippen molar-refractivity contribution in [3.63, 3.8) is 0 Å². The molecule has 2 N–H and O–H groups in total. The minimum Gasteiger partial charge on any atom is -0.395 e. The third-order valence-electron chi connectivity index (χ3n) is 1.91. The maximum absolute atomic E-state index is 11.6. The lowest BCUT2D eigenvalue weighted by Crippen LogP contribution is -2.19. The minimum absolute atomic E-state index is 0.0338. The lowest BCUT2D eigenvalue weighted by Gasteiger charge is -2.04. The van der Waals surface area contributed by atoms with Gasteiger partial charge in [-0.2, -0.15) is 0 Å². The number of hydrogen-bond donors (Lipinski definition) is 2. The Morgan fingerprint density at radius 1 is 1.38 bits per heavy atom. The first-order valence-corrected chi connectivity index (χ1v) is 6.22. The van der Waals surface area contributed by atoms with Crippen LogP contribution in [-0.2, 0) is 10.0 Å². The second-order valence-corrected chi connectivity index (χ2v) is 4.83. The zero-order valence-electron chi connectivity index (χ0n) is 8.90. The van der Waals surface area contributed by atoms with Crippen LogP contribution in [0, 0.1) is 11.8 Å². The summed E-state index contributed by atoms with van der Waals surface area (Å²) in [5, 5.41) is 8.59. The summed E-state index contributed by atoms with van der Waals surface area (Å²) in [5.74, 6) is 5.42. The van der Waals surface area contributed by atoms with Crippen molar-refractivity contribution >= 4 is 10.0 Å². The molecule has 0 saturated heterocycles. The van der Waals surface area contributed by atoms with Crippen LogP contribution in [0.25, 0.3) is 0 Å². The van der Waals surface area contributed by atoms with E-state index >= 15 is 0 Å². The van der Waals surface area contributed by atoms with Crippen molar-refractivity contribution in [2.75, 3.05) is 13.7 Å². The topological polar surface area (TPSA) is 66.4 Å². The SMILES string of the molecule is CNS(=O)(=O)c1ccccc1C#CCCO. The van der Waals surface area contributed by atoms with E-state index in [1.54, 1.807) is 18.2 Å². The quantitative estimate of drug-likeness (QED) is 0.747. The molecule has 0 heterocycles. The molecule has 0 radical (unpaired) electrons. The average molecular weight is 239 g/mol. The third-order valence-corrected chi connectivity index (χ3v) is 3.38. The predicted octanol–water partition coefficient (Wildman–Crippen LogP) is 0.329. The fourth-order valence-corrected chi connectivity index (χ4v) is 2.01. The first-order chi connectivity index (χ1) is 7.61. The van der Waals surface area contributed by atoms with Crippen LogP contribution in [0.3, 0.4) is 0 Å². The Hall–Kier alpha value is -1.35. The highest BCUT2D eigenvalue weighted by atomic mass is 32.2. The lowest BCUT2D eigenvalue weighted by atomic mass is 10.2. The van der Waals surface area contributed by atoms with E-state index in [1.165, 1.54) is 13.1 Å². The maximum Gasteiger partial charge on any atom is 0.241 e. The highest BCUT2D eigenvalue weighted by Crippen LogP contribution is 2.13. The summed E-state index contributed by atoms with van der Waals surface area (Å²) < 4.78 is 25.5. The average Bonchev–Trinajstić information content (AvgIpc) is 2.30. The standard InChI is InChI=1S/C11H13NO3S/c1-12-16(14,15)11-8-3-2-6-10(11)7-4-5-9-13/h2-3,6,8,12-13H,5,9H2,1H3. The summed E-state index contributed by atoms with van der Waals surface area (Å²) in [6.45, 7) is -0.0338. The van der Waals surface area contributed by atoms with Crippen molar-refractivity contribution in [1.29, 1.82) is 0 Å². The van der Waals surface area contributed by atoms with Crippen LogP contribution in [0.5, 0.6) is 0 Å². The highest BCUT2D eigenvalue weighted by Gasteiger charge is 2.14. The van der Waals surface area contributed by atoms with E-state index in [1.807, 2.05) is 0 Å². The number of hydrogen-bond acceptors (Lipinski definition) is 3. The second kappa shape index (κ2) is 5.66. The molecule has 5 heteroatoms. The zero-order chi connectivity index (χ0) is 12.0. The van der Waals surface area contributed by atoms with E-state index in [4.69, 9.17) is 5.11 Å². The minimum atomic E-state index is -3.48. The molecule has 86 valence electrons. The summed E-state index contributed by atoms with van der Waals surface area (Å²) in [6.07, 6.45) is 0.327. The van der Waals surface area contributed by atoms with Gasteiger partial charge in [-0.1, -0.05) is 24.0 Å². The van der Waals surface area contributed by atoms with Crippen molar-refractivity contribution in [2.45, 2.75) is 11.3 Å². The molecule has 0 unspecified atom stereocenters. The predicted molar refractivity (Wildman–Crippen MR) is 61.3 cm³/mol. The van der Waals surface area contributed by atoms with Gasteiger partial charge >= 0.3 is 0 Å². The maximum atomic E-state index is 11.6. The van der Waals surface area contributed by atoms with Gasteiger partial charge < -0.3 is 5.11 Å². The summed E-state index contributed by atoms with van der Waals surface area (Å²) in [7, 11) is -2.13. The molecule has 16 heavy (non-hydrogen) atoms. The molecular weight excluding hydrogens is 226 g/mol. The van der Waals surface area contributed by atoms with E-state index in [2.05, 4.69) is 16.6 Å². The number of sulfonamides is 1. The Balaban J connectivity index is 3.18. The molecule has 0 amide bonds. The van der Waals surface area contributed by atoms with Crippen molar-refractivity contribution in [2.24, 2.45) is 0 Å². The molecule has 1 rings (SSSR count). The number of aliphatic hydroxyl groups excluding tert-OH is 1. The van der Waals surface area contributed by atoms with Gasteiger partial charge in [-0.3, -0.25) is 0 Å². The molecule has 0 bridgehead atoms.